The molecule has 0 aromatic carbocycles. The third-order valence-corrected chi connectivity index (χ3v) is 4.73. The van der Waals surface area contributed by atoms with Crippen molar-refractivity contribution in [3.63, 3.8) is 0 Å². The second-order valence-electron chi connectivity index (χ2n) is 5.38. The summed E-state index contributed by atoms with van der Waals surface area (Å²) in [4.78, 5) is 2.65. The highest BCUT2D eigenvalue weighted by molar-refractivity contribution is 4.98. The Labute approximate surface area is 86.3 Å². The highest BCUT2D eigenvalue weighted by atomic mass is 16.3. The third kappa shape index (κ3) is 1.31. The molecule has 1 aliphatic heterocycles. The zero-order chi connectivity index (χ0) is 9.54. The number of aliphatic hydroxyl groups is 1. The molecule has 0 unspecified atom stereocenters. The van der Waals surface area contributed by atoms with Crippen LogP contribution in [0.2, 0.25) is 0 Å². The minimum absolute atomic E-state index is 0.0364. The minimum atomic E-state index is 0.0364. The van der Waals surface area contributed by atoms with Crippen LogP contribution in [0.1, 0.15) is 38.5 Å². The molecule has 2 heteroatoms. The molecule has 0 aromatic heterocycles. The van der Waals surface area contributed by atoms with Crippen molar-refractivity contribution in [1.82, 2.24) is 4.90 Å². The summed E-state index contributed by atoms with van der Waals surface area (Å²) in [5, 5.41) is 10.1. The Hall–Kier alpha value is -0.0800. The Bertz CT molecular complexity index is 212. The molecule has 3 fully saturated rings. The van der Waals surface area contributed by atoms with Gasteiger partial charge >= 0.3 is 0 Å². The Morgan fingerprint density at radius 3 is 2.43 bits per heavy atom. The van der Waals surface area contributed by atoms with Gasteiger partial charge in [-0.1, -0.05) is 0 Å². The van der Waals surface area contributed by atoms with Gasteiger partial charge in [0.25, 0.3) is 0 Å². The zero-order valence-corrected chi connectivity index (χ0v) is 8.86. The fourth-order valence-corrected chi connectivity index (χ4v) is 3.96. The number of nitrogens with zero attached hydrogens (tertiary/aromatic N) is 1. The number of aliphatic hydroxyl groups excluding tert-OH is 1. The molecular formula is C12H21NO. The summed E-state index contributed by atoms with van der Waals surface area (Å²) in [7, 11) is 0. The van der Waals surface area contributed by atoms with Gasteiger partial charge in [0.05, 0.1) is 6.10 Å². The normalized spacial score (nSPS) is 48.6. The van der Waals surface area contributed by atoms with Gasteiger partial charge in [-0.25, -0.2) is 0 Å². The van der Waals surface area contributed by atoms with Crippen molar-refractivity contribution in [2.24, 2.45) is 11.8 Å². The van der Waals surface area contributed by atoms with Crippen LogP contribution in [0.4, 0.5) is 0 Å². The van der Waals surface area contributed by atoms with E-state index in [1.807, 2.05) is 0 Å². The quantitative estimate of drug-likeness (QED) is 0.687. The van der Waals surface area contributed by atoms with E-state index in [2.05, 4.69) is 4.90 Å². The van der Waals surface area contributed by atoms with Crippen LogP contribution in [0, 0.1) is 11.8 Å². The molecule has 2 saturated carbocycles. The molecule has 1 heterocycles. The van der Waals surface area contributed by atoms with E-state index >= 15 is 0 Å². The summed E-state index contributed by atoms with van der Waals surface area (Å²) < 4.78 is 0. The van der Waals surface area contributed by atoms with Gasteiger partial charge in [-0.2, -0.15) is 0 Å². The Balaban J connectivity index is 1.73. The maximum Gasteiger partial charge on any atom is 0.0611 e. The fourth-order valence-electron chi connectivity index (χ4n) is 3.96. The predicted molar refractivity (Wildman–Crippen MR) is 56.0 cm³/mol. The molecule has 80 valence electrons. The Morgan fingerprint density at radius 2 is 1.64 bits per heavy atom. The van der Waals surface area contributed by atoms with Gasteiger partial charge in [-0.05, 0) is 57.5 Å². The van der Waals surface area contributed by atoms with Crippen molar-refractivity contribution >= 4 is 0 Å². The van der Waals surface area contributed by atoms with E-state index in [1.165, 1.54) is 51.6 Å². The molecule has 2 aliphatic carbocycles. The zero-order valence-electron chi connectivity index (χ0n) is 8.86. The smallest absolute Gasteiger partial charge is 0.0611 e. The molecule has 14 heavy (non-hydrogen) atoms. The molecule has 2 nitrogen and oxygen atoms in total. The van der Waals surface area contributed by atoms with Gasteiger partial charge in [0.15, 0.2) is 0 Å². The van der Waals surface area contributed by atoms with Gasteiger partial charge in [0.1, 0.15) is 0 Å². The summed E-state index contributed by atoms with van der Waals surface area (Å²) in [5.41, 5.74) is 0. The van der Waals surface area contributed by atoms with Crippen LogP contribution in [0.5, 0.6) is 0 Å². The lowest BCUT2D eigenvalue weighted by atomic mass is 9.81. The lowest BCUT2D eigenvalue weighted by Crippen LogP contribution is -2.45. The van der Waals surface area contributed by atoms with E-state index < -0.39 is 0 Å². The SMILES string of the molecule is O[C@@H]1[C@H]2CC[C@H]1[C@H](N1CCCC1)CC2. The number of hydrogen-bond donors (Lipinski definition) is 1. The summed E-state index contributed by atoms with van der Waals surface area (Å²) in [6, 6.07) is 0.728. The number of likely N-dealkylation sites (tertiary alicyclic amines) is 1. The molecule has 0 radical (unpaired) electrons. The van der Waals surface area contributed by atoms with Crippen molar-refractivity contribution in [2.45, 2.75) is 50.7 Å². The molecule has 4 atom stereocenters. The topological polar surface area (TPSA) is 23.5 Å². The molecule has 0 spiro atoms. The van der Waals surface area contributed by atoms with E-state index in [4.69, 9.17) is 0 Å². The van der Waals surface area contributed by atoms with Crippen molar-refractivity contribution in [3.8, 4) is 0 Å². The van der Waals surface area contributed by atoms with Gasteiger partial charge in [-0.3, -0.25) is 0 Å². The highest BCUT2D eigenvalue weighted by Crippen LogP contribution is 2.44. The maximum absolute atomic E-state index is 10.1. The van der Waals surface area contributed by atoms with Crippen molar-refractivity contribution < 1.29 is 5.11 Å². The predicted octanol–water partition coefficient (Wildman–Crippen LogP) is 1.63. The minimum Gasteiger partial charge on any atom is -0.392 e. The first-order valence-corrected chi connectivity index (χ1v) is 6.28. The molecule has 1 N–H and O–H groups in total. The highest BCUT2D eigenvalue weighted by Gasteiger charge is 2.45. The lowest BCUT2D eigenvalue weighted by Gasteiger charge is -2.39. The van der Waals surface area contributed by atoms with Crippen molar-refractivity contribution in [3.05, 3.63) is 0 Å². The maximum atomic E-state index is 10.1. The standard InChI is InChI=1S/C12H21NO/c14-12-9-3-5-10(12)11(6-4-9)13-7-1-2-8-13/h9-12,14H,1-8H2/t9-,10-,11+,12+/m0/s1. The fraction of sp³-hybridized carbons (Fsp3) is 1.00. The van der Waals surface area contributed by atoms with Gasteiger partial charge < -0.3 is 10.0 Å². The Morgan fingerprint density at radius 1 is 0.929 bits per heavy atom. The molecule has 0 amide bonds. The first kappa shape index (κ1) is 9.17. The monoisotopic (exact) mass is 195 g/mol. The lowest BCUT2D eigenvalue weighted by molar-refractivity contribution is 0.00634. The first-order valence-electron chi connectivity index (χ1n) is 6.28. The molecule has 0 aromatic rings. The summed E-state index contributed by atoms with van der Waals surface area (Å²) in [5.74, 6) is 1.27. The van der Waals surface area contributed by atoms with Gasteiger partial charge in [-0.15, -0.1) is 0 Å². The molecule has 3 aliphatic rings. The first-order chi connectivity index (χ1) is 6.86. The summed E-state index contributed by atoms with van der Waals surface area (Å²) in [6.45, 7) is 2.58. The van der Waals surface area contributed by atoms with Gasteiger partial charge in [0, 0.05) is 12.0 Å². The average Bonchev–Trinajstić information content (AvgIpc) is 2.76. The largest absolute Gasteiger partial charge is 0.392 e. The van der Waals surface area contributed by atoms with Crippen LogP contribution in [0.25, 0.3) is 0 Å². The van der Waals surface area contributed by atoms with Crippen LogP contribution in [0.3, 0.4) is 0 Å². The van der Waals surface area contributed by atoms with Crippen molar-refractivity contribution in [2.75, 3.05) is 13.1 Å². The van der Waals surface area contributed by atoms with E-state index in [-0.39, 0.29) is 6.10 Å². The van der Waals surface area contributed by atoms with Crippen LogP contribution in [-0.4, -0.2) is 35.2 Å². The van der Waals surface area contributed by atoms with Gasteiger partial charge in [0.2, 0.25) is 0 Å². The summed E-state index contributed by atoms with van der Waals surface area (Å²) >= 11 is 0. The van der Waals surface area contributed by atoms with Crippen molar-refractivity contribution in [1.29, 1.82) is 0 Å². The van der Waals surface area contributed by atoms with Crippen LogP contribution in [0.15, 0.2) is 0 Å². The number of fused-ring (bicyclic) bond motifs is 2. The number of hydrogen-bond acceptors (Lipinski definition) is 2. The average molecular weight is 195 g/mol. The second kappa shape index (κ2) is 3.49. The number of rotatable bonds is 1. The van der Waals surface area contributed by atoms with Crippen LogP contribution < -0.4 is 0 Å². The Kier molecular flexibility index (Phi) is 2.29. The molecule has 3 rings (SSSR count). The second-order valence-corrected chi connectivity index (χ2v) is 5.38. The molecular weight excluding hydrogens is 174 g/mol. The molecule has 1 saturated heterocycles. The third-order valence-electron chi connectivity index (χ3n) is 4.73. The van der Waals surface area contributed by atoms with E-state index in [1.54, 1.807) is 0 Å². The van der Waals surface area contributed by atoms with Crippen LogP contribution in [-0.2, 0) is 0 Å². The van der Waals surface area contributed by atoms with E-state index in [0.29, 0.717) is 11.8 Å². The van der Waals surface area contributed by atoms with E-state index in [9.17, 15) is 5.11 Å². The summed E-state index contributed by atoms with van der Waals surface area (Å²) in [6.07, 6.45) is 7.99. The van der Waals surface area contributed by atoms with E-state index in [0.717, 1.165) is 6.04 Å². The van der Waals surface area contributed by atoms with Crippen LogP contribution >= 0.6 is 0 Å². The molecule has 2 bridgehead atoms.